The fourth-order valence-corrected chi connectivity index (χ4v) is 4.57. The summed E-state index contributed by atoms with van der Waals surface area (Å²) in [6.07, 6.45) is 13.2. The Kier molecular flexibility index (Phi) is 10.7. The van der Waals surface area contributed by atoms with E-state index < -0.39 is 0 Å². The van der Waals surface area contributed by atoms with Gasteiger partial charge in [-0.05, 0) is 45.4 Å². The zero-order chi connectivity index (χ0) is 18.1. The summed E-state index contributed by atoms with van der Waals surface area (Å²) >= 11 is 0. The number of likely N-dealkylation sites (tertiary alicyclic amines) is 1. The van der Waals surface area contributed by atoms with Gasteiger partial charge in [-0.25, -0.2) is 0 Å². The second-order valence-electron chi connectivity index (χ2n) is 8.40. The van der Waals surface area contributed by atoms with Crippen LogP contribution in [0.1, 0.15) is 71.1 Å². The van der Waals surface area contributed by atoms with Crippen LogP contribution in [0.4, 0.5) is 0 Å². The quantitative estimate of drug-likeness (QED) is 0.190. The first kappa shape index (κ1) is 23.2. The van der Waals surface area contributed by atoms with Crippen molar-refractivity contribution in [2.75, 3.05) is 46.0 Å². The minimum atomic E-state index is 0. The van der Waals surface area contributed by atoms with Crippen LogP contribution in [0.5, 0.6) is 0 Å². The Hall–Kier alpha value is -0.0800. The molecule has 3 fully saturated rings. The van der Waals surface area contributed by atoms with E-state index in [0.29, 0.717) is 11.5 Å². The number of aliphatic imine (C=N–C) groups is 1. The summed E-state index contributed by atoms with van der Waals surface area (Å²) in [5, 5.41) is 3.48. The largest absolute Gasteiger partial charge is 0.381 e. The lowest BCUT2D eigenvalue weighted by Crippen LogP contribution is -2.41. The highest BCUT2D eigenvalue weighted by molar-refractivity contribution is 14.0. The molecule has 6 heteroatoms. The van der Waals surface area contributed by atoms with Gasteiger partial charge in [0, 0.05) is 44.8 Å². The first-order chi connectivity index (χ1) is 12.8. The molecule has 2 saturated heterocycles. The average Bonchev–Trinajstić information content (AvgIpc) is 3.20. The summed E-state index contributed by atoms with van der Waals surface area (Å²) in [5.41, 5.74) is 0.392. The highest BCUT2D eigenvalue weighted by atomic mass is 127. The number of hydrogen-bond donors (Lipinski definition) is 1. The second-order valence-corrected chi connectivity index (χ2v) is 8.40. The summed E-state index contributed by atoms with van der Waals surface area (Å²) in [6.45, 7) is 8.97. The molecule has 2 heterocycles. The van der Waals surface area contributed by atoms with Crippen molar-refractivity contribution in [3.05, 3.63) is 0 Å². The Bertz CT molecular complexity index is 433. The molecule has 3 aliphatic rings. The Morgan fingerprint density at radius 2 is 2.00 bits per heavy atom. The lowest BCUT2D eigenvalue weighted by Gasteiger charge is -2.25. The minimum absolute atomic E-state index is 0. The smallest absolute Gasteiger partial charge is 0.193 e. The summed E-state index contributed by atoms with van der Waals surface area (Å²) in [4.78, 5) is 7.33. The van der Waals surface area contributed by atoms with Crippen LogP contribution < -0.4 is 5.32 Å². The number of rotatable bonds is 7. The van der Waals surface area contributed by atoms with Crippen molar-refractivity contribution in [3.8, 4) is 0 Å². The Morgan fingerprint density at radius 3 is 2.70 bits per heavy atom. The number of ether oxygens (including phenoxy) is 2. The monoisotopic (exact) mass is 493 g/mol. The fraction of sp³-hybridized carbons (Fsp3) is 0.952. The zero-order valence-corrected chi connectivity index (χ0v) is 19.5. The van der Waals surface area contributed by atoms with Crippen molar-refractivity contribution in [2.45, 2.75) is 77.2 Å². The fourth-order valence-electron chi connectivity index (χ4n) is 4.57. The standard InChI is InChI=1S/C21H39N3O2.HI/c1-2-22-20(24-14-11-21(17-24)12-16-25-18-21)23-13-7-8-15-26-19-9-5-3-4-6-10-19;/h19H,2-18H2,1H3,(H,22,23);1H. The molecule has 3 rings (SSSR count). The van der Waals surface area contributed by atoms with Gasteiger partial charge in [-0.1, -0.05) is 25.7 Å². The van der Waals surface area contributed by atoms with Gasteiger partial charge < -0.3 is 19.7 Å². The lowest BCUT2D eigenvalue weighted by atomic mass is 9.87. The molecule has 0 bridgehead atoms. The summed E-state index contributed by atoms with van der Waals surface area (Å²) in [6, 6.07) is 0. The van der Waals surface area contributed by atoms with E-state index in [-0.39, 0.29) is 24.0 Å². The van der Waals surface area contributed by atoms with E-state index in [9.17, 15) is 0 Å². The van der Waals surface area contributed by atoms with Crippen molar-refractivity contribution in [2.24, 2.45) is 10.4 Å². The van der Waals surface area contributed by atoms with Gasteiger partial charge in [-0.15, -0.1) is 24.0 Å². The van der Waals surface area contributed by atoms with Gasteiger partial charge >= 0.3 is 0 Å². The number of unbranched alkanes of at least 4 members (excludes halogenated alkanes) is 1. The molecule has 1 unspecified atom stereocenters. The molecule has 1 spiro atoms. The van der Waals surface area contributed by atoms with Crippen LogP contribution >= 0.6 is 24.0 Å². The van der Waals surface area contributed by atoms with Gasteiger partial charge in [-0.3, -0.25) is 4.99 Å². The third kappa shape index (κ3) is 7.35. The molecule has 0 aromatic rings. The Morgan fingerprint density at radius 1 is 1.19 bits per heavy atom. The van der Waals surface area contributed by atoms with Gasteiger partial charge in [0.15, 0.2) is 5.96 Å². The van der Waals surface area contributed by atoms with Gasteiger partial charge in [-0.2, -0.15) is 0 Å². The molecular weight excluding hydrogens is 453 g/mol. The van der Waals surface area contributed by atoms with Crippen LogP contribution in [-0.4, -0.2) is 63.0 Å². The topological polar surface area (TPSA) is 46.1 Å². The first-order valence-electron chi connectivity index (χ1n) is 11.0. The van der Waals surface area contributed by atoms with Crippen LogP contribution in [0, 0.1) is 5.41 Å². The maximum atomic E-state index is 6.09. The van der Waals surface area contributed by atoms with Crippen molar-refractivity contribution in [3.63, 3.8) is 0 Å². The van der Waals surface area contributed by atoms with Crippen LogP contribution in [-0.2, 0) is 9.47 Å². The van der Waals surface area contributed by atoms with Crippen LogP contribution in [0.3, 0.4) is 0 Å². The SMILES string of the molecule is CCNC(=NCCCCOC1CCCCCC1)N1CCC2(CCOC2)C1.I. The van der Waals surface area contributed by atoms with Crippen LogP contribution in [0.2, 0.25) is 0 Å². The Labute approximate surface area is 183 Å². The van der Waals surface area contributed by atoms with E-state index >= 15 is 0 Å². The molecule has 0 aromatic carbocycles. The van der Waals surface area contributed by atoms with E-state index in [0.717, 1.165) is 64.8 Å². The van der Waals surface area contributed by atoms with Gasteiger partial charge in [0.2, 0.25) is 0 Å². The van der Waals surface area contributed by atoms with E-state index in [1.54, 1.807) is 0 Å². The predicted octanol–water partition coefficient (Wildman–Crippen LogP) is 4.20. The normalized spacial score (nSPS) is 27.0. The first-order valence-corrected chi connectivity index (χ1v) is 11.0. The molecule has 1 aliphatic carbocycles. The van der Waals surface area contributed by atoms with E-state index in [1.165, 1.54) is 51.4 Å². The molecule has 1 atom stereocenters. The number of guanidine groups is 1. The molecule has 0 amide bonds. The third-order valence-electron chi connectivity index (χ3n) is 6.23. The molecular formula is C21H40IN3O2. The van der Waals surface area contributed by atoms with Crippen LogP contribution in [0.25, 0.3) is 0 Å². The van der Waals surface area contributed by atoms with Crippen LogP contribution in [0.15, 0.2) is 4.99 Å². The average molecular weight is 493 g/mol. The summed E-state index contributed by atoms with van der Waals surface area (Å²) in [7, 11) is 0. The van der Waals surface area contributed by atoms with E-state index in [2.05, 4.69) is 17.1 Å². The predicted molar refractivity (Wildman–Crippen MR) is 122 cm³/mol. The van der Waals surface area contributed by atoms with Crippen molar-refractivity contribution >= 4 is 29.9 Å². The minimum Gasteiger partial charge on any atom is -0.381 e. The second kappa shape index (κ2) is 12.5. The Balaban J connectivity index is 0.00000261. The third-order valence-corrected chi connectivity index (χ3v) is 6.23. The molecule has 1 N–H and O–H groups in total. The molecule has 1 saturated carbocycles. The highest BCUT2D eigenvalue weighted by Gasteiger charge is 2.42. The van der Waals surface area contributed by atoms with Crippen molar-refractivity contribution < 1.29 is 9.47 Å². The highest BCUT2D eigenvalue weighted by Crippen LogP contribution is 2.38. The van der Waals surface area contributed by atoms with Gasteiger partial charge in [0.25, 0.3) is 0 Å². The van der Waals surface area contributed by atoms with Gasteiger partial charge in [0.05, 0.1) is 12.7 Å². The zero-order valence-electron chi connectivity index (χ0n) is 17.2. The number of halogens is 1. The van der Waals surface area contributed by atoms with Gasteiger partial charge in [0.1, 0.15) is 0 Å². The number of nitrogens with one attached hydrogen (secondary N) is 1. The number of nitrogens with zero attached hydrogens (tertiary/aromatic N) is 2. The molecule has 2 aliphatic heterocycles. The maximum Gasteiger partial charge on any atom is 0.193 e. The molecule has 158 valence electrons. The van der Waals surface area contributed by atoms with Crippen molar-refractivity contribution in [1.29, 1.82) is 0 Å². The summed E-state index contributed by atoms with van der Waals surface area (Å²) < 4.78 is 11.7. The van der Waals surface area contributed by atoms with Crippen molar-refractivity contribution in [1.82, 2.24) is 10.2 Å². The molecule has 27 heavy (non-hydrogen) atoms. The summed E-state index contributed by atoms with van der Waals surface area (Å²) in [5.74, 6) is 1.10. The molecule has 0 radical (unpaired) electrons. The molecule has 0 aromatic heterocycles. The molecule has 5 nitrogen and oxygen atoms in total. The maximum absolute atomic E-state index is 6.09. The number of hydrogen-bond acceptors (Lipinski definition) is 3. The lowest BCUT2D eigenvalue weighted by molar-refractivity contribution is 0.0412. The van der Waals surface area contributed by atoms with E-state index in [1.807, 2.05) is 0 Å². The van der Waals surface area contributed by atoms with E-state index in [4.69, 9.17) is 14.5 Å².